The van der Waals surface area contributed by atoms with E-state index < -0.39 is 11.6 Å². The number of aliphatic carboxylic acids is 1. The van der Waals surface area contributed by atoms with Gasteiger partial charge in [0.15, 0.2) is 5.60 Å². The third-order valence-corrected chi connectivity index (χ3v) is 5.12. The van der Waals surface area contributed by atoms with Gasteiger partial charge in [0.1, 0.15) is 0 Å². The Balaban J connectivity index is 4.51. The van der Waals surface area contributed by atoms with Crippen molar-refractivity contribution in [2.24, 2.45) is 5.41 Å². The Morgan fingerprint density at radius 3 is 2.00 bits per heavy atom. The largest absolute Gasteiger partial charge is 0.479 e. The van der Waals surface area contributed by atoms with Crippen LogP contribution in [0.4, 0.5) is 0 Å². The Hall–Kier alpha value is -0.610. The van der Waals surface area contributed by atoms with E-state index in [9.17, 15) is 9.90 Å². The van der Waals surface area contributed by atoms with Crippen LogP contribution in [-0.2, 0) is 14.3 Å². The second-order valence-electron chi connectivity index (χ2n) is 7.95. The molecule has 1 N–H and O–H groups in total. The second kappa shape index (κ2) is 9.03. The van der Waals surface area contributed by atoms with Crippen LogP contribution in [0, 0.1) is 5.41 Å². The lowest BCUT2D eigenvalue weighted by Gasteiger charge is -2.38. The first-order valence-corrected chi connectivity index (χ1v) is 8.99. The monoisotopic (exact) mass is 330 g/mol. The van der Waals surface area contributed by atoms with Gasteiger partial charge in [0, 0.05) is 0 Å². The first-order valence-electron chi connectivity index (χ1n) is 8.99. The number of hydrogen-bond acceptors (Lipinski definition) is 3. The van der Waals surface area contributed by atoms with Crippen LogP contribution in [0.1, 0.15) is 87.5 Å². The SMILES string of the molecule is CCC(C)(C)CC(C)(CC)OC(C)CCOC(C)(CC)C(=O)O. The van der Waals surface area contributed by atoms with Crippen LogP contribution < -0.4 is 0 Å². The smallest absolute Gasteiger partial charge is 0.335 e. The van der Waals surface area contributed by atoms with Crippen LogP contribution in [0.25, 0.3) is 0 Å². The maximum absolute atomic E-state index is 11.2. The Bertz CT molecular complexity index is 366. The normalized spacial score (nSPS) is 19.0. The Labute approximate surface area is 142 Å². The maximum Gasteiger partial charge on any atom is 0.335 e. The second-order valence-corrected chi connectivity index (χ2v) is 7.95. The minimum atomic E-state index is -1.10. The minimum absolute atomic E-state index is 0.0440. The summed E-state index contributed by atoms with van der Waals surface area (Å²) in [5.74, 6) is -0.906. The van der Waals surface area contributed by atoms with E-state index in [-0.39, 0.29) is 17.1 Å². The molecule has 0 aliphatic carbocycles. The average molecular weight is 331 g/mol. The fourth-order valence-electron chi connectivity index (χ4n) is 2.70. The standard InChI is InChI=1S/C19H38O4/c1-9-17(5,6)14-18(7,10-2)23-15(4)12-13-22-19(8,11-3)16(20)21/h15H,9-14H2,1-8H3,(H,20,21). The van der Waals surface area contributed by atoms with E-state index in [1.807, 2.05) is 13.8 Å². The van der Waals surface area contributed by atoms with Gasteiger partial charge in [0.05, 0.1) is 18.3 Å². The Kier molecular flexibility index (Phi) is 8.79. The molecule has 0 bridgehead atoms. The highest BCUT2D eigenvalue weighted by molar-refractivity contribution is 5.76. The van der Waals surface area contributed by atoms with Gasteiger partial charge in [0.25, 0.3) is 0 Å². The van der Waals surface area contributed by atoms with Crippen molar-refractivity contribution in [1.82, 2.24) is 0 Å². The molecule has 0 saturated carbocycles. The highest BCUT2D eigenvalue weighted by Crippen LogP contribution is 2.36. The summed E-state index contributed by atoms with van der Waals surface area (Å²) in [6, 6.07) is 0. The van der Waals surface area contributed by atoms with Crippen molar-refractivity contribution >= 4 is 5.97 Å². The highest BCUT2D eigenvalue weighted by atomic mass is 16.5. The van der Waals surface area contributed by atoms with Crippen molar-refractivity contribution < 1.29 is 19.4 Å². The topological polar surface area (TPSA) is 55.8 Å². The molecule has 4 heteroatoms. The van der Waals surface area contributed by atoms with E-state index in [0.717, 1.165) is 19.3 Å². The predicted octanol–water partition coefficient (Wildman–Crippen LogP) is 5.05. The van der Waals surface area contributed by atoms with Crippen LogP contribution in [0.15, 0.2) is 0 Å². The molecule has 0 aliphatic rings. The molecular formula is C19H38O4. The number of carboxylic acids is 1. The van der Waals surface area contributed by atoms with Crippen molar-refractivity contribution in [3.63, 3.8) is 0 Å². The highest BCUT2D eigenvalue weighted by Gasteiger charge is 2.34. The quantitative estimate of drug-likeness (QED) is 0.544. The molecule has 0 rings (SSSR count). The average Bonchev–Trinajstić information content (AvgIpc) is 2.46. The lowest BCUT2D eigenvalue weighted by atomic mass is 9.78. The molecule has 0 radical (unpaired) electrons. The summed E-state index contributed by atoms with van der Waals surface area (Å²) in [4.78, 5) is 11.2. The molecular weight excluding hydrogens is 292 g/mol. The molecule has 0 spiro atoms. The molecule has 0 aromatic carbocycles. The van der Waals surface area contributed by atoms with E-state index in [0.29, 0.717) is 19.4 Å². The molecule has 3 unspecified atom stereocenters. The van der Waals surface area contributed by atoms with Crippen molar-refractivity contribution in [3.8, 4) is 0 Å². The minimum Gasteiger partial charge on any atom is -0.479 e. The molecule has 138 valence electrons. The third kappa shape index (κ3) is 7.67. The van der Waals surface area contributed by atoms with E-state index in [1.165, 1.54) is 0 Å². The zero-order chi connectivity index (χ0) is 18.3. The van der Waals surface area contributed by atoms with Gasteiger partial charge in [-0.1, -0.05) is 41.0 Å². The fourth-order valence-corrected chi connectivity index (χ4v) is 2.70. The number of hydrogen-bond donors (Lipinski definition) is 1. The molecule has 23 heavy (non-hydrogen) atoms. The molecule has 0 saturated heterocycles. The third-order valence-electron chi connectivity index (χ3n) is 5.12. The molecule has 4 nitrogen and oxygen atoms in total. The maximum atomic E-state index is 11.2. The first kappa shape index (κ1) is 22.4. The summed E-state index contributed by atoms with van der Waals surface area (Å²) in [5.41, 5.74) is -0.997. The van der Waals surface area contributed by atoms with E-state index in [1.54, 1.807) is 6.92 Å². The summed E-state index contributed by atoms with van der Waals surface area (Å²) in [6.07, 6.45) is 4.29. The summed E-state index contributed by atoms with van der Waals surface area (Å²) in [5, 5.41) is 9.22. The van der Waals surface area contributed by atoms with Gasteiger partial charge in [-0.2, -0.15) is 0 Å². The van der Waals surface area contributed by atoms with Gasteiger partial charge in [-0.3, -0.25) is 0 Å². The van der Waals surface area contributed by atoms with Crippen molar-refractivity contribution in [3.05, 3.63) is 0 Å². The van der Waals surface area contributed by atoms with Gasteiger partial charge >= 0.3 is 5.97 Å². The summed E-state index contributed by atoms with van der Waals surface area (Å²) >= 11 is 0. The summed E-state index contributed by atoms with van der Waals surface area (Å²) in [6.45, 7) is 17.0. The number of ether oxygens (including phenoxy) is 2. The van der Waals surface area contributed by atoms with Gasteiger partial charge in [0.2, 0.25) is 0 Å². The zero-order valence-corrected chi connectivity index (χ0v) is 16.5. The number of carbonyl (C=O) groups is 1. The number of carboxylic acid groups (broad SMARTS) is 1. The summed E-state index contributed by atoms with van der Waals surface area (Å²) < 4.78 is 11.9. The molecule has 0 aromatic heterocycles. The Morgan fingerprint density at radius 2 is 1.61 bits per heavy atom. The molecule has 0 fully saturated rings. The van der Waals surface area contributed by atoms with Crippen LogP contribution in [-0.4, -0.2) is 35.0 Å². The summed E-state index contributed by atoms with van der Waals surface area (Å²) in [7, 11) is 0. The predicted molar refractivity (Wildman–Crippen MR) is 94.8 cm³/mol. The van der Waals surface area contributed by atoms with Gasteiger partial charge < -0.3 is 14.6 Å². The van der Waals surface area contributed by atoms with Crippen molar-refractivity contribution in [1.29, 1.82) is 0 Å². The van der Waals surface area contributed by atoms with E-state index >= 15 is 0 Å². The Morgan fingerprint density at radius 1 is 1.04 bits per heavy atom. The van der Waals surface area contributed by atoms with Crippen LogP contribution in [0.5, 0.6) is 0 Å². The number of rotatable bonds is 12. The molecule has 3 atom stereocenters. The van der Waals surface area contributed by atoms with E-state index in [4.69, 9.17) is 9.47 Å². The lowest BCUT2D eigenvalue weighted by molar-refractivity contribution is -0.166. The van der Waals surface area contributed by atoms with Crippen molar-refractivity contribution in [2.45, 2.75) is 105 Å². The van der Waals surface area contributed by atoms with Gasteiger partial charge in [-0.05, 0) is 51.9 Å². The van der Waals surface area contributed by atoms with Crippen LogP contribution in [0.2, 0.25) is 0 Å². The van der Waals surface area contributed by atoms with E-state index in [2.05, 4.69) is 34.6 Å². The fraction of sp³-hybridized carbons (Fsp3) is 0.947. The first-order chi connectivity index (χ1) is 10.4. The van der Waals surface area contributed by atoms with Crippen LogP contribution in [0.3, 0.4) is 0 Å². The molecule has 0 heterocycles. The molecule has 0 amide bonds. The lowest BCUT2D eigenvalue weighted by Crippen LogP contribution is -2.39. The molecule has 0 aromatic rings. The van der Waals surface area contributed by atoms with Gasteiger partial charge in [-0.25, -0.2) is 4.79 Å². The zero-order valence-electron chi connectivity index (χ0n) is 16.5. The van der Waals surface area contributed by atoms with Gasteiger partial charge in [-0.15, -0.1) is 0 Å². The van der Waals surface area contributed by atoms with Crippen LogP contribution >= 0.6 is 0 Å². The molecule has 0 aliphatic heterocycles. The van der Waals surface area contributed by atoms with Crippen molar-refractivity contribution in [2.75, 3.05) is 6.61 Å².